The quantitative estimate of drug-likeness (QED) is 0.860. The van der Waals surface area contributed by atoms with E-state index in [-0.39, 0.29) is 18.3 Å². The van der Waals surface area contributed by atoms with Crippen LogP contribution in [0.2, 0.25) is 0 Å². The first-order valence-electron chi connectivity index (χ1n) is 7.92. The van der Waals surface area contributed by atoms with Gasteiger partial charge < -0.3 is 9.72 Å². The molecule has 1 aromatic heterocycles. The SMILES string of the molecule is CCC(C)OCc1c(Cc2cc(C)cc(C)c2)[nH]c(=O)[nH]c1=O. The Balaban J connectivity index is 2.36. The minimum absolute atomic E-state index is 0.0652. The second-order valence-corrected chi connectivity index (χ2v) is 6.07. The predicted octanol–water partition coefficient (Wildman–Crippen LogP) is 2.59. The molecule has 1 unspecified atom stereocenters. The van der Waals surface area contributed by atoms with Crippen LogP contribution in [0.3, 0.4) is 0 Å². The normalized spacial score (nSPS) is 12.3. The molecule has 5 heteroatoms. The van der Waals surface area contributed by atoms with Gasteiger partial charge in [-0.1, -0.05) is 36.2 Å². The van der Waals surface area contributed by atoms with E-state index in [4.69, 9.17) is 4.74 Å². The van der Waals surface area contributed by atoms with Crippen LogP contribution >= 0.6 is 0 Å². The molecule has 2 rings (SSSR count). The highest BCUT2D eigenvalue weighted by Gasteiger charge is 2.12. The van der Waals surface area contributed by atoms with Crippen LogP contribution in [-0.4, -0.2) is 16.1 Å². The lowest BCUT2D eigenvalue weighted by atomic mass is 10.0. The molecule has 124 valence electrons. The third-order valence-electron chi connectivity index (χ3n) is 3.88. The van der Waals surface area contributed by atoms with E-state index in [1.165, 1.54) is 0 Å². The maximum Gasteiger partial charge on any atom is 0.325 e. The Morgan fingerprint density at radius 1 is 1.09 bits per heavy atom. The van der Waals surface area contributed by atoms with Gasteiger partial charge in [-0.3, -0.25) is 9.78 Å². The minimum atomic E-state index is -0.485. The molecule has 0 bridgehead atoms. The molecule has 0 spiro atoms. The molecule has 2 N–H and O–H groups in total. The van der Waals surface area contributed by atoms with E-state index in [0.29, 0.717) is 17.7 Å². The van der Waals surface area contributed by atoms with Crippen LogP contribution in [-0.2, 0) is 17.8 Å². The van der Waals surface area contributed by atoms with Crippen molar-refractivity contribution >= 4 is 0 Å². The van der Waals surface area contributed by atoms with Crippen molar-refractivity contribution < 1.29 is 4.74 Å². The summed E-state index contributed by atoms with van der Waals surface area (Å²) in [6, 6.07) is 6.22. The van der Waals surface area contributed by atoms with E-state index >= 15 is 0 Å². The number of benzene rings is 1. The summed E-state index contributed by atoms with van der Waals surface area (Å²) in [5.74, 6) is 0. The van der Waals surface area contributed by atoms with Gasteiger partial charge in [0.1, 0.15) is 0 Å². The molecule has 0 amide bonds. The summed E-state index contributed by atoms with van der Waals surface area (Å²) < 4.78 is 5.68. The largest absolute Gasteiger partial charge is 0.374 e. The van der Waals surface area contributed by atoms with Gasteiger partial charge >= 0.3 is 5.69 Å². The molecule has 2 aromatic rings. The Kier molecular flexibility index (Phi) is 5.55. The third kappa shape index (κ3) is 4.66. The van der Waals surface area contributed by atoms with Crippen molar-refractivity contribution in [3.8, 4) is 0 Å². The molecule has 1 aromatic carbocycles. The Morgan fingerprint density at radius 2 is 1.74 bits per heavy atom. The van der Waals surface area contributed by atoms with Crippen molar-refractivity contribution in [1.29, 1.82) is 0 Å². The number of H-pyrrole nitrogens is 2. The van der Waals surface area contributed by atoms with Gasteiger partial charge in [-0.05, 0) is 32.8 Å². The summed E-state index contributed by atoms with van der Waals surface area (Å²) in [6.45, 7) is 8.25. The van der Waals surface area contributed by atoms with Crippen LogP contribution in [0.4, 0.5) is 0 Å². The summed E-state index contributed by atoms with van der Waals surface area (Å²) in [5.41, 5.74) is 3.62. The second-order valence-electron chi connectivity index (χ2n) is 6.07. The van der Waals surface area contributed by atoms with Crippen molar-refractivity contribution in [1.82, 2.24) is 9.97 Å². The summed E-state index contributed by atoms with van der Waals surface area (Å²) in [5, 5.41) is 0. The lowest BCUT2D eigenvalue weighted by Gasteiger charge is -2.13. The molecule has 0 saturated carbocycles. The smallest absolute Gasteiger partial charge is 0.325 e. The number of aryl methyl sites for hydroxylation is 2. The van der Waals surface area contributed by atoms with Gasteiger partial charge in [-0.15, -0.1) is 0 Å². The van der Waals surface area contributed by atoms with Gasteiger partial charge in [0.25, 0.3) is 5.56 Å². The second kappa shape index (κ2) is 7.42. The number of aromatic amines is 2. The average molecular weight is 316 g/mol. The summed E-state index contributed by atoms with van der Waals surface area (Å²) in [6.07, 6.45) is 1.43. The van der Waals surface area contributed by atoms with Crippen LogP contribution < -0.4 is 11.2 Å². The average Bonchev–Trinajstić information content (AvgIpc) is 2.44. The lowest BCUT2D eigenvalue weighted by Crippen LogP contribution is -2.29. The zero-order valence-electron chi connectivity index (χ0n) is 14.2. The number of nitrogens with one attached hydrogen (secondary N) is 2. The lowest BCUT2D eigenvalue weighted by molar-refractivity contribution is 0.0496. The maximum absolute atomic E-state index is 12.1. The minimum Gasteiger partial charge on any atom is -0.374 e. The highest BCUT2D eigenvalue weighted by molar-refractivity contribution is 5.32. The van der Waals surface area contributed by atoms with E-state index < -0.39 is 5.69 Å². The fraction of sp³-hybridized carbons (Fsp3) is 0.444. The van der Waals surface area contributed by atoms with Crippen LogP contribution in [0, 0.1) is 13.8 Å². The summed E-state index contributed by atoms with van der Waals surface area (Å²) >= 11 is 0. The summed E-state index contributed by atoms with van der Waals surface area (Å²) in [4.78, 5) is 28.8. The number of aromatic nitrogens is 2. The molecule has 1 heterocycles. The van der Waals surface area contributed by atoms with Crippen LogP contribution in [0.5, 0.6) is 0 Å². The molecule has 0 fully saturated rings. The first-order chi connectivity index (χ1) is 10.9. The Morgan fingerprint density at radius 3 is 2.35 bits per heavy atom. The highest BCUT2D eigenvalue weighted by Crippen LogP contribution is 2.14. The van der Waals surface area contributed by atoms with E-state index in [0.717, 1.165) is 23.1 Å². The number of rotatable bonds is 6. The van der Waals surface area contributed by atoms with E-state index in [9.17, 15) is 9.59 Å². The van der Waals surface area contributed by atoms with Crippen molar-refractivity contribution in [3.63, 3.8) is 0 Å². The van der Waals surface area contributed by atoms with E-state index in [2.05, 4.69) is 28.2 Å². The first-order valence-corrected chi connectivity index (χ1v) is 7.92. The van der Waals surface area contributed by atoms with Gasteiger partial charge in [-0.25, -0.2) is 4.79 Å². The molecule has 0 aliphatic carbocycles. The topological polar surface area (TPSA) is 75.0 Å². The number of hydrogen-bond donors (Lipinski definition) is 2. The molecular formula is C18H24N2O3. The Labute approximate surface area is 135 Å². The first kappa shape index (κ1) is 17.2. The third-order valence-corrected chi connectivity index (χ3v) is 3.88. The molecule has 5 nitrogen and oxygen atoms in total. The monoisotopic (exact) mass is 316 g/mol. The van der Waals surface area contributed by atoms with E-state index in [1.807, 2.05) is 27.7 Å². The Bertz CT molecular complexity index is 769. The van der Waals surface area contributed by atoms with Crippen molar-refractivity contribution in [2.24, 2.45) is 0 Å². The molecule has 0 radical (unpaired) electrons. The van der Waals surface area contributed by atoms with Crippen LogP contribution in [0.1, 0.15) is 48.2 Å². The van der Waals surface area contributed by atoms with Crippen molar-refractivity contribution in [2.75, 3.05) is 0 Å². The zero-order chi connectivity index (χ0) is 17.0. The fourth-order valence-corrected chi connectivity index (χ4v) is 2.58. The van der Waals surface area contributed by atoms with Gasteiger partial charge in [0.2, 0.25) is 0 Å². The van der Waals surface area contributed by atoms with Gasteiger partial charge in [0.05, 0.1) is 18.3 Å². The van der Waals surface area contributed by atoms with Crippen molar-refractivity contribution in [2.45, 2.75) is 53.2 Å². The van der Waals surface area contributed by atoms with Gasteiger partial charge in [-0.2, -0.15) is 0 Å². The maximum atomic E-state index is 12.1. The molecule has 1 atom stereocenters. The van der Waals surface area contributed by atoms with E-state index in [1.54, 1.807) is 0 Å². The van der Waals surface area contributed by atoms with Crippen LogP contribution in [0.15, 0.2) is 27.8 Å². The molecule has 0 aliphatic rings. The fourth-order valence-electron chi connectivity index (χ4n) is 2.58. The molecule has 23 heavy (non-hydrogen) atoms. The predicted molar refractivity (Wildman–Crippen MR) is 90.9 cm³/mol. The molecule has 0 aliphatic heterocycles. The van der Waals surface area contributed by atoms with Crippen molar-refractivity contribution in [3.05, 3.63) is 67.0 Å². The van der Waals surface area contributed by atoms with Gasteiger partial charge in [0, 0.05) is 12.1 Å². The Hall–Kier alpha value is -2.14. The highest BCUT2D eigenvalue weighted by atomic mass is 16.5. The zero-order valence-corrected chi connectivity index (χ0v) is 14.2. The van der Waals surface area contributed by atoms with Crippen LogP contribution in [0.25, 0.3) is 0 Å². The standard InChI is InChI=1S/C18H24N2O3/c1-5-13(4)23-10-15-16(19-18(22)20-17(15)21)9-14-7-11(2)6-12(3)8-14/h6-8,13H,5,9-10H2,1-4H3,(H2,19,20,21,22). The molecular weight excluding hydrogens is 292 g/mol. The summed E-state index contributed by atoms with van der Waals surface area (Å²) in [7, 11) is 0. The van der Waals surface area contributed by atoms with Gasteiger partial charge in [0.15, 0.2) is 0 Å². The molecule has 0 saturated heterocycles. The number of hydrogen-bond acceptors (Lipinski definition) is 3. The number of ether oxygens (including phenoxy) is 1.